The Kier molecular flexibility index (Phi) is 3.08. The molecule has 1 saturated heterocycles. The van der Waals surface area contributed by atoms with Gasteiger partial charge in [0.05, 0.1) is 0 Å². The maximum absolute atomic E-state index is 6.49. The number of hydrogen-bond donors (Lipinski definition) is 0. The van der Waals surface area contributed by atoms with E-state index in [9.17, 15) is 0 Å². The average Bonchev–Trinajstić information content (AvgIpc) is 3.40. The molecule has 29 heavy (non-hydrogen) atoms. The second kappa shape index (κ2) is 5.30. The van der Waals surface area contributed by atoms with Crippen molar-refractivity contribution in [3.05, 3.63) is 96.1 Å². The van der Waals surface area contributed by atoms with E-state index in [1.165, 1.54) is 0 Å². The summed E-state index contributed by atoms with van der Waals surface area (Å²) in [5.74, 6) is 1.79. The first-order chi connectivity index (χ1) is 14.1. The average molecular weight is 409 g/mol. The van der Waals surface area contributed by atoms with Gasteiger partial charge in [0.2, 0.25) is 0 Å². The van der Waals surface area contributed by atoms with Crippen molar-refractivity contribution in [3.8, 4) is 11.5 Å². The van der Waals surface area contributed by atoms with Crippen LogP contribution in [0, 0.1) is 0 Å². The first-order valence-electron chi connectivity index (χ1n) is 9.39. The predicted octanol–water partition coefficient (Wildman–Crippen LogP) is 5.66. The molecule has 7 heteroatoms. The van der Waals surface area contributed by atoms with Gasteiger partial charge in [-0.1, -0.05) is 0 Å². The van der Waals surface area contributed by atoms with Crippen molar-refractivity contribution in [2.75, 3.05) is 13.2 Å². The minimum absolute atomic E-state index is 0.216. The number of fused-ring (bicyclic) bond motifs is 1. The third-order valence-corrected chi connectivity index (χ3v) is 8.71. The molecule has 0 bridgehead atoms. The van der Waals surface area contributed by atoms with Crippen LogP contribution >= 0.6 is 7.31 Å². The van der Waals surface area contributed by atoms with E-state index in [0.717, 1.165) is 11.1 Å². The minimum atomic E-state index is -5.52. The van der Waals surface area contributed by atoms with Gasteiger partial charge in [0.15, 0.2) is 0 Å². The summed E-state index contributed by atoms with van der Waals surface area (Å²) >= 11 is 0. The monoisotopic (exact) mass is 409 g/mol. The van der Waals surface area contributed by atoms with Crippen molar-refractivity contribution < 1.29 is 27.1 Å². The molecule has 6 nitrogen and oxygen atoms in total. The Hall–Kier alpha value is -3.05. The zero-order valence-electron chi connectivity index (χ0n) is 15.4. The standard InChI is InChI=1S/C22H18O6P/c1-3-9-17(10-4-1)21-22(18-11-5-2-6-12-18)28-29(27-21,23-15-16-24-29)25-19-13-7-8-14-20(19)26-29/h1-14H,15-16H2/q-1. The summed E-state index contributed by atoms with van der Waals surface area (Å²) in [5, 5.41) is 0. The van der Waals surface area contributed by atoms with Crippen LogP contribution in [0.25, 0.3) is 11.5 Å². The van der Waals surface area contributed by atoms with Crippen LogP contribution in [0.2, 0.25) is 0 Å². The zero-order chi connectivity index (χ0) is 19.4. The van der Waals surface area contributed by atoms with Gasteiger partial charge >= 0.3 is 167 Å². The topological polar surface area (TPSA) is 55.4 Å². The summed E-state index contributed by atoms with van der Waals surface area (Å²) in [5.41, 5.74) is 1.59. The van der Waals surface area contributed by atoms with Gasteiger partial charge in [-0.3, -0.25) is 0 Å². The van der Waals surface area contributed by atoms with Gasteiger partial charge in [-0.15, -0.1) is 0 Å². The molecule has 0 unspecified atom stereocenters. The van der Waals surface area contributed by atoms with Crippen LogP contribution in [0.3, 0.4) is 0 Å². The van der Waals surface area contributed by atoms with Gasteiger partial charge in [0.1, 0.15) is 0 Å². The predicted molar refractivity (Wildman–Crippen MR) is 108 cm³/mol. The molecule has 3 aromatic carbocycles. The van der Waals surface area contributed by atoms with E-state index in [2.05, 4.69) is 0 Å². The fourth-order valence-corrected chi connectivity index (χ4v) is 7.65. The summed E-state index contributed by atoms with van der Waals surface area (Å²) < 4.78 is 37.7. The summed E-state index contributed by atoms with van der Waals surface area (Å²) in [6.07, 6.45) is 0. The van der Waals surface area contributed by atoms with E-state index in [-0.39, 0.29) is 13.2 Å². The number of rotatable bonds is 2. The Labute approximate surface area is 167 Å². The molecule has 3 aliphatic heterocycles. The Morgan fingerprint density at radius 2 is 0.897 bits per heavy atom. The third kappa shape index (κ3) is 2.22. The Morgan fingerprint density at radius 3 is 1.34 bits per heavy atom. The molecular formula is C22H18O6P-. The zero-order valence-corrected chi connectivity index (χ0v) is 16.3. The summed E-state index contributed by atoms with van der Waals surface area (Å²) in [6.45, 7) is 0.432. The van der Waals surface area contributed by atoms with Gasteiger partial charge in [0, 0.05) is 0 Å². The molecule has 0 radical (unpaired) electrons. The molecule has 1 fully saturated rings. The van der Waals surface area contributed by atoms with Crippen molar-refractivity contribution >= 4 is 18.8 Å². The van der Waals surface area contributed by atoms with Crippen molar-refractivity contribution in [3.63, 3.8) is 0 Å². The van der Waals surface area contributed by atoms with E-state index in [1.54, 1.807) is 12.1 Å². The normalized spacial score (nSPS) is 24.3. The van der Waals surface area contributed by atoms with Crippen molar-refractivity contribution in [2.24, 2.45) is 0 Å². The first kappa shape index (κ1) is 16.9. The number of benzene rings is 3. The molecule has 3 aromatic rings. The first-order valence-corrected chi connectivity index (χ1v) is 11.6. The van der Waals surface area contributed by atoms with Gasteiger partial charge in [0.25, 0.3) is 0 Å². The van der Waals surface area contributed by atoms with E-state index in [4.69, 9.17) is 27.1 Å². The van der Waals surface area contributed by atoms with Crippen LogP contribution in [0.15, 0.2) is 84.9 Å². The van der Waals surface area contributed by atoms with E-state index in [1.807, 2.05) is 72.8 Å². The quantitative estimate of drug-likeness (QED) is 0.510. The second-order valence-electron chi connectivity index (χ2n) is 6.99. The van der Waals surface area contributed by atoms with Crippen LogP contribution < -0.4 is 9.05 Å². The summed E-state index contributed by atoms with van der Waals surface area (Å²) in [7, 11) is -5.52. The molecule has 0 saturated carbocycles. The van der Waals surface area contributed by atoms with Crippen LogP contribution in [0.1, 0.15) is 11.1 Å². The third-order valence-electron chi connectivity index (χ3n) is 5.04. The van der Waals surface area contributed by atoms with Crippen LogP contribution in [-0.4, -0.2) is 13.2 Å². The number of para-hydroxylation sites is 2. The van der Waals surface area contributed by atoms with E-state index < -0.39 is 7.31 Å². The van der Waals surface area contributed by atoms with Gasteiger partial charge in [-0.05, 0) is 0 Å². The molecule has 148 valence electrons. The van der Waals surface area contributed by atoms with Gasteiger partial charge in [-0.25, -0.2) is 0 Å². The molecule has 0 amide bonds. The molecule has 3 heterocycles. The van der Waals surface area contributed by atoms with Crippen LogP contribution in [0.4, 0.5) is 0 Å². The molecule has 0 aliphatic carbocycles. The molecular weight excluding hydrogens is 391 g/mol. The molecule has 1 spiro atoms. The fourth-order valence-electron chi connectivity index (χ4n) is 3.81. The molecule has 6 rings (SSSR count). The second-order valence-corrected chi connectivity index (χ2v) is 10.5. The maximum atomic E-state index is 6.49. The van der Waals surface area contributed by atoms with E-state index in [0.29, 0.717) is 23.0 Å². The Bertz CT molecular complexity index is 1070. The van der Waals surface area contributed by atoms with Crippen molar-refractivity contribution in [1.29, 1.82) is 0 Å². The molecule has 0 N–H and O–H groups in total. The molecule has 0 atom stereocenters. The molecule has 3 aliphatic rings. The SMILES string of the molecule is c1ccc(C2=C(c3ccccc3)O[P-]34(OCCO3)(O2)Oc2ccccc2O4)cc1. The fraction of sp³-hybridized carbons (Fsp3) is 0.0909. The summed E-state index contributed by atoms with van der Waals surface area (Å²) in [4.78, 5) is 0. The van der Waals surface area contributed by atoms with Crippen LogP contribution in [-0.2, 0) is 18.1 Å². The number of hydrogen-bond acceptors (Lipinski definition) is 6. The Balaban J connectivity index is 1.58. The van der Waals surface area contributed by atoms with Gasteiger partial charge in [-0.2, -0.15) is 0 Å². The van der Waals surface area contributed by atoms with E-state index >= 15 is 0 Å². The van der Waals surface area contributed by atoms with Gasteiger partial charge < -0.3 is 0 Å². The summed E-state index contributed by atoms with van der Waals surface area (Å²) in [6, 6.07) is 26.5. The molecule has 0 aromatic heterocycles. The van der Waals surface area contributed by atoms with Crippen molar-refractivity contribution in [2.45, 2.75) is 0 Å². The van der Waals surface area contributed by atoms with Crippen molar-refractivity contribution in [1.82, 2.24) is 0 Å². The Morgan fingerprint density at radius 1 is 0.483 bits per heavy atom. The van der Waals surface area contributed by atoms with Crippen LogP contribution in [0.5, 0.6) is 11.5 Å².